The van der Waals surface area contributed by atoms with Crippen molar-refractivity contribution >= 4 is 21.9 Å². The van der Waals surface area contributed by atoms with E-state index in [2.05, 4.69) is 36.8 Å². The second-order valence-corrected chi connectivity index (χ2v) is 6.54. The SMILES string of the molecule is CCOc1cc(CNc2nnnn2C)c(Br)cc1OCc1ccccc1F. The van der Waals surface area contributed by atoms with Gasteiger partial charge in [-0.3, -0.25) is 0 Å². The molecule has 2 aromatic carbocycles. The lowest BCUT2D eigenvalue weighted by Crippen LogP contribution is -2.07. The van der Waals surface area contributed by atoms with Crippen LogP contribution in [0.15, 0.2) is 40.9 Å². The number of nitrogens with zero attached hydrogens (tertiary/aromatic N) is 4. The molecular weight excluding hydrogens is 417 g/mol. The molecule has 3 rings (SSSR count). The van der Waals surface area contributed by atoms with E-state index in [1.165, 1.54) is 6.07 Å². The summed E-state index contributed by atoms with van der Waals surface area (Å²) in [5, 5.41) is 14.4. The topological polar surface area (TPSA) is 74.1 Å². The fraction of sp³-hybridized carbons (Fsp3) is 0.278. The van der Waals surface area contributed by atoms with E-state index in [-0.39, 0.29) is 12.4 Å². The van der Waals surface area contributed by atoms with E-state index in [1.54, 1.807) is 29.9 Å². The Labute approximate surface area is 164 Å². The van der Waals surface area contributed by atoms with Gasteiger partial charge >= 0.3 is 0 Å². The van der Waals surface area contributed by atoms with Crippen LogP contribution in [0.2, 0.25) is 0 Å². The molecule has 27 heavy (non-hydrogen) atoms. The number of rotatable bonds is 8. The molecule has 1 N–H and O–H groups in total. The third kappa shape index (κ3) is 4.73. The Morgan fingerprint density at radius 1 is 1.15 bits per heavy atom. The summed E-state index contributed by atoms with van der Waals surface area (Å²) >= 11 is 3.55. The van der Waals surface area contributed by atoms with Gasteiger partial charge in [-0.1, -0.05) is 39.2 Å². The van der Waals surface area contributed by atoms with E-state index >= 15 is 0 Å². The molecule has 0 saturated carbocycles. The highest BCUT2D eigenvalue weighted by Gasteiger charge is 2.13. The summed E-state index contributed by atoms with van der Waals surface area (Å²) in [5.74, 6) is 1.38. The average Bonchev–Trinajstić information content (AvgIpc) is 3.06. The number of ether oxygens (including phenoxy) is 2. The van der Waals surface area contributed by atoms with Gasteiger partial charge in [-0.15, -0.1) is 0 Å². The Balaban J connectivity index is 1.77. The zero-order valence-corrected chi connectivity index (χ0v) is 16.5. The second kappa shape index (κ2) is 8.81. The molecule has 0 unspecified atom stereocenters. The van der Waals surface area contributed by atoms with E-state index < -0.39 is 0 Å². The maximum Gasteiger partial charge on any atom is 0.242 e. The van der Waals surface area contributed by atoms with Gasteiger partial charge in [-0.05, 0) is 41.1 Å². The lowest BCUT2D eigenvalue weighted by Gasteiger charge is -2.15. The van der Waals surface area contributed by atoms with Crippen LogP contribution in [-0.4, -0.2) is 26.8 Å². The number of hydrogen-bond acceptors (Lipinski definition) is 6. The Morgan fingerprint density at radius 3 is 2.63 bits per heavy atom. The van der Waals surface area contributed by atoms with Gasteiger partial charge in [0, 0.05) is 23.6 Å². The van der Waals surface area contributed by atoms with Crippen molar-refractivity contribution < 1.29 is 13.9 Å². The lowest BCUT2D eigenvalue weighted by molar-refractivity contribution is 0.265. The van der Waals surface area contributed by atoms with E-state index in [0.29, 0.717) is 36.2 Å². The molecule has 0 fully saturated rings. The molecule has 0 atom stereocenters. The molecule has 0 aliphatic rings. The minimum absolute atomic E-state index is 0.112. The van der Waals surface area contributed by atoms with Crippen molar-refractivity contribution in [2.75, 3.05) is 11.9 Å². The summed E-state index contributed by atoms with van der Waals surface area (Å²) in [4.78, 5) is 0. The van der Waals surface area contributed by atoms with Crippen molar-refractivity contribution in [2.45, 2.75) is 20.1 Å². The van der Waals surface area contributed by atoms with Gasteiger partial charge in [-0.25, -0.2) is 9.07 Å². The minimum atomic E-state index is -0.298. The van der Waals surface area contributed by atoms with E-state index in [1.807, 2.05) is 19.1 Å². The normalized spacial score (nSPS) is 10.7. The van der Waals surface area contributed by atoms with Crippen LogP contribution in [0.25, 0.3) is 0 Å². The van der Waals surface area contributed by atoms with Crippen LogP contribution in [0, 0.1) is 5.82 Å². The molecule has 0 bridgehead atoms. The van der Waals surface area contributed by atoms with Gasteiger partial charge in [0.25, 0.3) is 0 Å². The summed E-state index contributed by atoms with van der Waals surface area (Å²) in [6.45, 7) is 2.98. The Hall–Kier alpha value is -2.68. The van der Waals surface area contributed by atoms with Crippen LogP contribution in [-0.2, 0) is 20.2 Å². The van der Waals surface area contributed by atoms with Gasteiger partial charge < -0.3 is 14.8 Å². The number of benzene rings is 2. The molecule has 0 spiro atoms. The number of nitrogens with one attached hydrogen (secondary N) is 1. The van der Waals surface area contributed by atoms with Gasteiger partial charge in [0.15, 0.2) is 11.5 Å². The first-order chi connectivity index (χ1) is 13.1. The van der Waals surface area contributed by atoms with Gasteiger partial charge in [0.1, 0.15) is 12.4 Å². The molecule has 9 heteroatoms. The minimum Gasteiger partial charge on any atom is -0.490 e. The van der Waals surface area contributed by atoms with Crippen molar-refractivity contribution in [3.63, 3.8) is 0 Å². The van der Waals surface area contributed by atoms with E-state index in [0.717, 1.165) is 10.0 Å². The van der Waals surface area contributed by atoms with Crippen LogP contribution < -0.4 is 14.8 Å². The summed E-state index contributed by atoms with van der Waals surface area (Å²) in [5.41, 5.74) is 1.43. The summed E-state index contributed by atoms with van der Waals surface area (Å²) in [7, 11) is 1.75. The second-order valence-electron chi connectivity index (χ2n) is 5.68. The van der Waals surface area contributed by atoms with Gasteiger partial charge in [0.05, 0.1) is 6.61 Å². The van der Waals surface area contributed by atoms with Crippen molar-refractivity contribution in [3.8, 4) is 11.5 Å². The number of hydrogen-bond donors (Lipinski definition) is 1. The molecule has 0 aliphatic carbocycles. The van der Waals surface area contributed by atoms with Gasteiger partial charge in [0.2, 0.25) is 5.95 Å². The number of halogens is 2. The largest absolute Gasteiger partial charge is 0.490 e. The standard InChI is InChI=1S/C18H19BrFN5O2/c1-3-26-16-8-13(10-21-18-22-23-24-25(18)2)14(19)9-17(16)27-11-12-6-4-5-7-15(12)20/h4-9H,3,10-11H2,1-2H3,(H,21,22,24). The molecule has 7 nitrogen and oxygen atoms in total. The van der Waals surface area contributed by atoms with Crippen molar-refractivity contribution in [1.29, 1.82) is 0 Å². The third-order valence-corrected chi connectivity index (χ3v) is 4.55. The van der Waals surface area contributed by atoms with Crippen molar-refractivity contribution in [2.24, 2.45) is 7.05 Å². The number of aryl methyl sites for hydroxylation is 1. The highest BCUT2D eigenvalue weighted by molar-refractivity contribution is 9.10. The number of anilines is 1. The first kappa shape index (κ1) is 19.1. The Bertz CT molecular complexity index is 919. The first-order valence-electron chi connectivity index (χ1n) is 8.36. The van der Waals surface area contributed by atoms with Crippen LogP contribution in [0.5, 0.6) is 11.5 Å². The molecule has 0 aliphatic heterocycles. The molecule has 1 heterocycles. The predicted octanol–water partition coefficient (Wildman–Crippen LogP) is 3.70. The molecule has 1 aromatic heterocycles. The summed E-state index contributed by atoms with van der Waals surface area (Å²) < 4.78 is 27.7. The molecule has 0 saturated heterocycles. The number of aromatic nitrogens is 4. The smallest absolute Gasteiger partial charge is 0.242 e. The van der Waals surface area contributed by atoms with Crippen LogP contribution in [0.4, 0.5) is 10.3 Å². The highest BCUT2D eigenvalue weighted by atomic mass is 79.9. The first-order valence-corrected chi connectivity index (χ1v) is 9.15. The summed E-state index contributed by atoms with van der Waals surface area (Å²) in [6.07, 6.45) is 0. The molecule has 142 valence electrons. The Kier molecular flexibility index (Phi) is 6.23. The molecule has 3 aromatic rings. The van der Waals surface area contributed by atoms with E-state index in [9.17, 15) is 4.39 Å². The van der Waals surface area contributed by atoms with Crippen molar-refractivity contribution in [3.05, 3.63) is 57.8 Å². The Morgan fingerprint density at radius 2 is 1.93 bits per heavy atom. The molecular formula is C18H19BrFN5O2. The quantitative estimate of drug-likeness (QED) is 0.581. The zero-order valence-electron chi connectivity index (χ0n) is 14.9. The third-order valence-electron chi connectivity index (χ3n) is 3.81. The number of tetrazole rings is 1. The highest BCUT2D eigenvalue weighted by Crippen LogP contribution is 2.34. The fourth-order valence-electron chi connectivity index (χ4n) is 2.42. The predicted molar refractivity (Wildman–Crippen MR) is 102 cm³/mol. The van der Waals surface area contributed by atoms with Crippen LogP contribution in [0.3, 0.4) is 0 Å². The van der Waals surface area contributed by atoms with Gasteiger partial charge in [-0.2, -0.15) is 0 Å². The fourth-order valence-corrected chi connectivity index (χ4v) is 2.88. The van der Waals surface area contributed by atoms with Crippen LogP contribution in [0.1, 0.15) is 18.1 Å². The maximum absolute atomic E-state index is 13.8. The zero-order chi connectivity index (χ0) is 19.2. The maximum atomic E-state index is 13.8. The molecule has 0 radical (unpaired) electrons. The monoisotopic (exact) mass is 435 g/mol. The van der Waals surface area contributed by atoms with Crippen LogP contribution >= 0.6 is 15.9 Å². The lowest BCUT2D eigenvalue weighted by atomic mass is 10.2. The molecule has 0 amide bonds. The summed E-state index contributed by atoms with van der Waals surface area (Å²) in [6, 6.07) is 10.2. The van der Waals surface area contributed by atoms with E-state index in [4.69, 9.17) is 9.47 Å². The van der Waals surface area contributed by atoms with Crippen molar-refractivity contribution in [1.82, 2.24) is 20.2 Å². The average molecular weight is 436 g/mol.